The van der Waals surface area contributed by atoms with Gasteiger partial charge >= 0.3 is 12.1 Å². The number of nitrogens with one attached hydrogen (secondary N) is 1. The van der Waals surface area contributed by atoms with E-state index in [4.69, 9.17) is 35.7 Å². The molecule has 1 aromatic carbocycles. The van der Waals surface area contributed by atoms with Gasteiger partial charge in [-0.05, 0) is 24.3 Å². The van der Waals surface area contributed by atoms with Crippen molar-refractivity contribution in [2.75, 3.05) is 31.2 Å². The quantitative estimate of drug-likeness (QED) is 0.667. The highest BCUT2D eigenvalue weighted by Crippen LogP contribution is 2.49. The second-order valence-electron chi connectivity index (χ2n) is 7.78. The molecule has 0 aliphatic carbocycles. The number of anilines is 1. The van der Waals surface area contributed by atoms with Crippen molar-refractivity contribution in [1.29, 1.82) is 0 Å². The Balaban J connectivity index is 0.000000325. The molecular weight excluding hydrogens is 467 g/mol. The van der Waals surface area contributed by atoms with Crippen molar-refractivity contribution < 1.29 is 37.3 Å². The highest BCUT2D eigenvalue weighted by molar-refractivity contribution is 6.30. The summed E-state index contributed by atoms with van der Waals surface area (Å²) in [5, 5.41) is 11.2. The molecule has 0 amide bonds. The Labute approximate surface area is 192 Å². The van der Waals surface area contributed by atoms with Crippen molar-refractivity contribution in [2.24, 2.45) is 0 Å². The number of pyridine rings is 1. The van der Waals surface area contributed by atoms with E-state index in [-0.39, 0.29) is 0 Å². The lowest BCUT2D eigenvalue weighted by atomic mass is 10.1. The number of aromatic nitrogens is 1. The van der Waals surface area contributed by atoms with Crippen LogP contribution in [-0.2, 0) is 15.3 Å². The molecule has 5 rings (SSSR count). The second-order valence-corrected chi connectivity index (χ2v) is 8.21. The van der Waals surface area contributed by atoms with Crippen LogP contribution in [0.5, 0.6) is 11.5 Å². The maximum absolute atomic E-state index is 10.6. The second kappa shape index (κ2) is 8.88. The summed E-state index contributed by atoms with van der Waals surface area (Å²) in [7, 11) is 0. The van der Waals surface area contributed by atoms with E-state index in [9.17, 15) is 13.2 Å². The van der Waals surface area contributed by atoms with Gasteiger partial charge in [0, 0.05) is 26.2 Å². The molecule has 0 radical (unpaired) electrons. The van der Waals surface area contributed by atoms with E-state index >= 15 is 0 Å². The number of fused-ring (bicyclic) bond motifs is 2. The lowest BCUT2D eigenvalue weighted by molar-refractivity contribution is -0.192. The first-order chi connectivity index (χ1) is 15.6. The third-order valence-electron chi connectivity index (χ3n) is 5.51. The van der Waals surface area contributed by atoms with Crippen molar-refractivity contribution in [2.45, 2.75) is 31.0 Å². The number of nitrogens with zero attached hydrogens (tertiary/aromatic N) is 2. The summed E-state index contributed by atoms with van der Waals surface area (Å²) in [5.74, 6) is -2.23. The Bertz CT molecular complexity index is 1020. The SMILES string of the molecule is CC1(c2ccc(Cl)cn2)Oc2cccc(N3CCN[C@H]4COC[C@H]43)c2O1.O=C(O)C(F)(F)F. The van der Waals surface area contributed by atoms with Crippen molar-refractivity contribution in [1.82, 2.24) is 10.3 Å². The first-order valence-electron chi connectivity index (χ1n) is 10.1. The molecule has 0 spiro atoms. The first-order valence-corrected chi connectivity index (χ1v) is 10.5. The Morgan fingerprint density at radius 3 is 2.70 bits per heavy atom. The van der Waals surface area contributed by atoms with Gasteiger partial charge in [-0.15, -0.1) is 0 Å². The van der Waals surface area contributed by atoms with Gasteiger partial charge in [-0.25, -0.2) is 4.79 Å². The molecule has 8 nitrogen and oxygen atoms in total. The highest BCUT2D eigenvalue weighted by atomic mass is 35.5. The van der Waals surface area contributed by atoms with E-state index in [0.717, 1.165) is 43.5 Å². The standard InChI is InChI=1S/C19H20ClN3O3.C2HF3O2/c1-19(17-6-5-12(20)9-22-17)25-16-4-2-3-14(18(16)26-19)23-8-7-21-13-10-24-11-15(13)23;3-2(4,5)1(6)7/h2-6,9,13,15,21H,7-8,10-11H2,1H3;(H,6,7)/t13-,15+,19?;/m0./s1. The molecule has 1 unspecified atom stereocenters. The maximum Gasteiger partial charge on any atom is 0.490 e. The third kappa shape index (κ3) is 4.80. The fraction of sp³-hybridized carbons (Fsp3) is 0.429. The number of piperazine rings is 1. The molecule has 0 bridgehead atoms. The predicted molar refractivity (Wildman–Crippen MR) is 112 cm³/mol. The van der Waals surface area contributed by atoms with Gasteiger partial charge in [0.25, 0.3) is 5.79 Å². The van der Waals surface area contributed by atoms with Crippen LogP contribution in [0.4, 0.5) is 18.9 Å². The number of halogens is 4. The minimum absolute atomic E-state index is 0.305. The van der Waals surface area contributed by atoms with Crippen molar-refractivity contribution in [3.05, 3.63) is 47.2 Å². The van der Waals surface area contributed by atoms with Gasteiger partial charge in [-0.2, -0.15) is 13.2 Å². The fourth-order valence-corrected chi connectivity index (χ4v) is 4.08. The molecule has 12 heteroatoms. The lowest BCUT2D eigenvalue weighted by Gasteiger charge is -2.39. The van der Waals surface area contributed by atoms with Gasteiger partial charge in [0.1, 0.15) is 5.69 Å². The Hall–Kier alpha value is -2.76. The molecule has 3 aliphatic heterocycles. The van der Waals surface area contributed by atoms with Crippen LogP contribution in [0.15, 0.2) is 36.5 Å². The summed E-state index contributed by atoms with van der Waals surface area (Å²) in [6, 6.07) is 10.3. The van der Waals surface area contributed by atoms with Crippen LogP contribution in [0, 0.1) is 0 Å². The minimum atomic E-state index is -5.08. The predicted octanol–water partition coefficient (Wildman–Crippen LogP) is 3.19. The average Bonchev–Trinajstić information content (AvgIpc) is 3.37. The summed E-state index contributed by atoms with van der Waals surface area (Å²) < 4.78 is 49.9. The summed E-state index contributed by atoms with van der Waals surface area (Å²) in [5.41, 5.74) is 1.73. The summed E-state index contributed by atoms with van der Waals surface area (Å²) in [4.78, 5) is 15.7. The van der Waals surface area contributed by atoms with Crippen LogP contribution >= 0.6 is 11.6 Å². The smallest absolute Gasteiger partial charge is 0.475 e. The number of benzene rings is 1. The molecule has 3 atom stereocenters. The van der Waals surface area contributed by atoms with E-state index in [0.29, 0.717) is 22.8 Å². The molecule has 2 fully saturated rings. The van der Waals surface area contributed by atoms with Crippen molar-refractivity contribution >= 4 is 23.3 Å². The van der Waals surface area contributed by atoms with Gasteiger partial charge in [-0.3, -0.25) is 4.98 Å². The van der Waals surface area contributed by atoms with Crippen LogP contribution in [0.25, 0.3) is 0 Å². The van der Waals surface area contributed by atoms with Gasteiger partial charge in [0.2, 0.25) is 0 Å². The Morgan fingerprint density at radius 1 is 1.27 bits per heavy atom. The van der Waals surface area contributed by atoms with E-state index < -0.39 is 17.9 Å². The van der Waals surface area contributed by atoms with Gasteiger partial charge < -0.3 is 29.5 Å². The molecule has 33 heavy (non-hydrogen) atoms. The van der Waals surface area contributed by atoms with Crippen LogP contribution in [-0.4, -0.2) is 60.6 Å². The number of carboxylic acid groups (broad SMARTS) is 1. The zero-order chi connectivity index (χ0) is 23.8. The molecule has 2 saturated heterocycles. The zero-order valence-electron chi connectivity index (χ0n) is 17.4. The number of hydrogen-bond donors (Lipinski definition) is 2. The van der Waals surface area contributed by atoms with E-state index in [1.165, 1.54) is 0 Å². The number of carbonyl (C=O) groups is 1. The number of alkyl halides is 3. The molecule has 4 heterocycles. The van der Waals surface area contributed by atoms with Crippen molar-refractivity contribution in [3.8, 4) is 11.5 Å². The van der Waals surface area contributed by atoms with Crippen LogP contribution in [0.2, 0.25) is 5.02 Å². The molecule has 2 aromatic rings. The molecule has 178 valence electrons. The topological polar surface area (TPSA) is 93.2 Å². The summed E-state index contributed by atoms with van der Waals surface area (Å²) in [6.45, 7) is 5.18. The number of ether oxygens (including phenoxy) is 3. The molecular formula is C21H21ClF3N3O5. The first kappa shape index (κ1) is 23.4. The fourth-order valence-electron chi connectivity index (χ4n) is 3.97. The molecule has 0 saturated carbocycles. The van der Waals surface area contributed by atoms with Crippen molar-refractivity contribution in [3.63, 3.8) is 0 Å². The van der Waals surface area contributed by atoms with E-state index in [1.807, 2.05) is 25.1 Å². The number of hydrogen-bond acceptors (Lipinski definition) is 7. The Kier molecular flexibility index (Phi) is 6.30. The maximum atomic E-state index is 10.6. The molecule has 3 aliphatic rings. The third-order valence-corrected chi connectivity index (χ3v) is 5.74. The number of para-hydroxylation sites is 1. The van der Waals surface area contributed by atoms with E-state index in [1.54, 1.807) is 12.3 Å². The minimum Gasteiger partial charge on any atom is -0.475 e. The molecule has 1 aromatic heterocycles. The Morgan fingerprint density at radius 2 is 2.03 bits per heavy atom. The monoisotopic (exact) mass is 487 g/mol. The van der Waals surface area contributed by atoms with Gasteiger partial charge in [0.05, 0.1) is 36.0 Å². The van der Waals surface area contributed by atoms with Gasteiger partial charge in [0.15, 0.2) is 11.5 Å². The largest absolute Gasteiger partial charge is 0.490 e. The van der Waals surface area contributed by atoms with Crippen LogP contribution < -0.4 is 19.7 Å². The lowest BCUT2D eigenvalue weighted by Crippen LogP contribution is -2.57. The highest BCUT2D eigenvalue weighted by Gasteiger charge is 2.44. The van der Waals surface area contributed by atoms with Crippen LogP contribution in [0.3, 0.4) is 0 Å². The van der Waals surface area contributed by atoms with Crippen LogP contribution in [0.1, 0.15) is 12.6 Å². The summed E-state index contributed by atoms with van der Waals surface area (Å²) >= 11 is 5.96. The van der Waals surface area contributed by atoms with Gasteiger partial charge in [-0.1, -0.05) is 17.7 Å². The normalized spacial score (nSPS) is 25.8. The number of aliphatic carboxylic acids is 1. The van der Waals surface area contributed by atoms with E-state index in [2.05, 4.69) is 21.3 Å². The average molecular weight is 488 g/mol. The zero-order valence-corrected chi connectivity index (χ0v) is 18.2. The number of carboxylic acids is 1. The molecule has 2 N–H and O–H groups in total. The number of rotatable bonds is 2. The summed E-state index contributed by atoms with van der Waals surface area (Å²) in [6.07, 6.45) is -3.48.